The van der Waals surface area contributed by atoms with E-state index in [1.54, 1.807) is 6.92 Å². The number of carbonyl (C=O) groups excluding carboxylic acids is 3. The molecule has 182 valence electrons. The van der Waals surface area contributed by atoms with E-state index >= 15 is 0 Å². The number of hydrogen-bond acceptors (Lipinski definition) is 8. The van der Waals surface area contributed by atoms with Crippen molar-refractivity contribution in [3.05, 3.63) is 38.5 Å². The van der Waals surface area contributed by atoms with Crippen LogP contribution < -0.4 is 11.1 Å². The first-order valence-electron chi connectivity index (χ1n) is 10.6. The second-order valence-corrected chi connectivity index (χ2v) is 11.9. The van der Waals surface area contributed by atoms with Gasteiger partial charge in [0.15, 0.2) is 16.4 Å². The number of nitrogens with one attached hydrogen (secondary N) is 1. The maximum atomic E-state index is 12.3. The van der Waals surface area contributed by atoms with Crippen molar-refractivity contribution in [2.24, 2.45) is 5.73 Å². The van der Waals surface area contributed by atoms with Crippen molar-refractivity contribution in [1.82, 2.24) is 9.78 Å². The first-order valence-corrected chi connectivity index (χ1v) is 13.6. The molecule has 0 aromatic carbocycles. The summed E-state index contributed by atoms with van der Waals surface area (Å²) in [5.74, 6) is -1.91. The van der Waals surface area contributed by atoms with Gasteiger partial charge in [-0.25, -0.2) is 17.9 Å². The van der Waals surface area contributed by atoms with E-state index < -0.39 is 34.2 Å². The summed E-state index contributed by atoms with van der Waals surface area (Å²) in [6, 6.07) is -0.349. The number of rotatable bonds is 7. The SMILES string of the molecule is Cc1nn(C2CCS(=O)(=O)C2)c(Cl)c1/C=C/C(=O)OCC(=O)Nc1sc2c(c1C(N)=O)CCC2. The number of carbonyl (C=O) groups is 3. The van der Waals surface area contributed by atoms with Gasteiger partial charge in [0.1, 0.15) is 10.2 Å². The van der Waals surface area contributed by atoms with Gasteiger partial charge in [-0.3, -0.25) is 9.59 Å². The monoisotopic (exact) mass is 526 g/mol. The Morgan fingerprint density at radius 2 is 2.12 bits per heavy atom. The third-order valence-electron chi connectivity index (χ3n) is 5.78. The molecule has 1 aliphatic heterocycles. The van der Waals surface area contributed by atoms with Gasteiger partial charge in [-0.1, -0.05) is 11.6 Å². The number of hydrogen-bond donors (Lipinski definition) is 2. The lowest BCUT2D eigenvalue weighted by Gasteiger charge is -2.09. The smallest absolute Gasteiger partial charge is 0.331 e. The van der Waals surface area contributed by atoms with Gasteiger partial charge in [0, 0.05) is 16.5 Å². The lowest BCUT2D eigenvalue weighted by molar-refractivity contribution is -0.142. The van der Waals surface area contributed by atoms with Gasteiger partial charge in [-0.05, 0) is 44.2 Å². The summed E-state index contributed by atoms with van der Waals surface area (Å²) < 4.78 is 30.0. The number of halogens is 1. The van der Waals surface area contributed by atoms with Crippen molar-refractivity contribution < 1.29 is 27.5 Å². The molecule has 1 saturated heterocycles. The molecular formula is C21H23ClN4O6S2. The first-order chi connectivity index (χ1) is 16.1. The Balaban J connectivity index is 1.35. The van der Waals surface area contributed by atoms with Gasteiger partial charge >= 0.3 is 5.97 Å². The van der Waals surface area contributed by atoms with Crippen molar-refractivity contribution in [2.45, 2.75) is 38.6 Å². The summed E-state index contributed by atoms with van der Waals surface area (Å²) in [6.07, 6.45) is 5.49. The summed E-state index contributed by atoms with van der Waals surface area (Å²) in [6.45, 7) is 1.15. The molecule has 0 radical (unpaired) electrons. The minimum absolute atomic E-state index is 0.0289. The zero-order valence-electron chi connectivity index (χ0n) is 18.3. The third kappa shape index (κ3) is 5.03. The van der Waals surface area contributed by atoms with Crippen LogP contribution in [0.2, 0.25) is 5.15 Å². The zero-order valence-corrected chi connectivity index (χ0v) is 20.7. The van der Waals surface area contributed by atoms with E-state index in [2.05, 4.69) is 10.4 Å². The van der Waals surface area contributed by atoms with Crippen molar-refractivity contribution in [2.75, 3.05) is 23.4 Å². The first kappa shape index (κ1) is 24.4. The Bertz CT molecular complexity index is 1310. The standard InChI is InChI=1S/C21H23ClN4O6S2/c1-11-13(19(22)26(25-11)12-7-8-34(30,31)10-12)5-6-17(28)32-9-16(27)24-21-18(20(23)29)14-3-2-4-15(14)33-21/h5-6,12H,2-4,7-10H2,1H3,(H2,23,29)(H,24,27)/b6-5+. The van der Waals surface area contributed by atoms with Gasteiger partial charge in [-0.2, -0.15) is 5.10 Å². The fourth-order valence-electron chi connectivity index (χ4n) is 4.18. The summed E-state index contributed by atoms with van der Waals surface area (Å²) in [4.78, 5) is 37.2. The second kappa shape index (κ2) is 9.51. The molecule has 13 heteroatoms. The van der Waals surface area contributed by atoms with Gasteiger partial charge in [-0.15, -0.1) is 11.3 Å². The largest absolute Gasteiger partial charge is 0.452 e. The maximum Gasteiger partial charge on any atom is 0.331 e. The normalized spacial score (nSPS) is 18.8. The predicted octanol–water partition coefficient (Wildman–Crippen LogP) is 2.05. The van der Waals surface area contributed by atoms with Crippen molar-refractivity contribution >= 4 is 61.6 Å². The van der Waals surface area contributed by atoms with Crippen LogP contribution in [0, 0.1) is 6.92 Å². The molecule has 4 rings (SSSR count). The molecule has 1 fully saturated rings. The number of fused-ring (bicyclic) bond motifs is 1. The van der Waals surface area contributed by atoms with E-state index in [1.165, 1.54) is 22.1 Å². The lowest BCUT2D eigenvalue weighted by atomic mass is 10.1. The number of aromatic nitrogens is 2. The molecule has 10 nitrogen and oxygen atoms in total. The van der Waals surface area contributed by atoms with E-state index in [9.17, 15) is 22.8 Å². The molecule has 2 aromatic heterocycles. The fraction of sp³-hybridized carbons (Fsp3) is 0.429. The second-order valence-electron chi connectivity index (χ2n) is 8.21. The molecule has 0 bridgehead atoms. The quantitative estimate of drug-likeness (QED) is 0.414. The van der Waals surface area contributed by atoms with Crippen molar-refractivity contribution in [3.63, 3.8) is 0 Å². The molecule has 34 heavy (non-hydrogen) atoms. The molecule has 2 aliphatic rings. The Kier molecular flexibility index (Phi) is 6.83. The molecule has 2 amide bonds. The van der Waals surface area contributed by atoms with Crippen molar-refractivity contribution in [3.8, 4) is 0 Å². The van der Waals surface area contributed by atoms with E-state index in [0.29, 0.717) is 28.2 Å². The molecule has 3 heterocycles. The van der Waals surface area contributed by atoms with E-state index in [1.807, 2.05) is 0 Å². The number of ether oxygens (including phenoxy) is 1. The Morgan fingerprint density at radius 3 is 2.79 bits per heavy atom. The molecule has 3 N–H and O–H groups in total. The summed E-state index contributed by atoms with van der Waals surface area (Å²) in [7, 11) is -3.11. The van der Waals surface area contributed by atoms with E-state index in [0.717, 1.165) is 35.8 Å². The summed E-state index contributed by atoms with van der Waals surface area (Å²) >= 11 is 7.69. The van der Waals surface area contributed by atoms with Gasteiger partial charge in [0.2, 0.25) is 0 Å². The van der Waals surface area contributed by atoms with Crippen LogP contribution in [0.4, 0.5) is 5.00 Å². The topological polar surface area (TPSA) is 150 Å². The number of primary amides is 1. The number of nitrogens with zero attached hydrogens (tertiary/aromatic N) is 2. The van der Waals surface area contributed by atoms with Crippen LogP contribution in [0.1, 0.15) is 50.9 Å². The molecule has 1 unspecified atom stereocenters. The lowest BCUT2D eigenvalue weighted by Crippen LogP contribution is -2.22. The fourth-order valence-corrected chi connectivity index (χ4v) is 7.56. The molecule has 0 saturated carbocycles. The molecule has 2 aromatic rings. The maximum absolute atomic E-state index is 12.3. The van der Waals surface area contributed by atoms with Crippen LogP contribution in [0.3, 0.4) is 0 Å². The Morgan fingerprint density at radius 1 is 1.35 bits per heavy atom. The van der Waals surface area contributed by atoms with E-state index in [4.69, 9.17) is 22.1 Å². The number of esters is 1. The van der Waals surface area contributed by atoms with Gasteiger partial charge in [0.05, 0.1) is 28.8 Å². The Hall–Kier alpha value is -2.70. The highest BCUT2D eigenvalue weighted by atomic mass is 35.5. The molecular weight excluding hydrogens is 504 g/mol. The highest BCUT2D eigenvalue weighted by Crippen LogP contribution is 2.38. The van der Waals surface area contributed by atoms with Crippen molar-refractivity contribution in [1.29, 1.82) is 0 Å². The van der Waals surface area contributed by atoms with E-state index in [-0.39, 0.29) is 22.7 Å². The summed E-state index contributed by atoms with van der Waals surface area (Å²) in [5, 5.41) is 7.52. The minimum atomic E-state index is -3.11. The number of aryl methyl sites for hydroxylation is 2. The number of anilines is 1. The van der Waals surface area contributed by atoms with Crippen LogP contribution in [-0.4, -0.2) is 54.1 Å². The van der Waals surface area contributed by atoms with Crippen LogP contribution >= 0.6 is 22.9 Å². The number of sulfone groups is 1. The molecule has 1 aliphatic carbocycles. The number of amides is 2. The highest BCUT2D eigenvalue weighted by Gasteiger charge is 2.32. The van der Waals surface area contributed by atoms with Gasteiger partial charge < -0.3 is 15.8 Å². The van der Waals surface area contributed by atoms with Gasteiger partial charge in [0.25, 0.3) is 11.8 Å². The molecule has 1 atom stereocenters. The highest BCUT2D eigenvalue weighted by molar-refractivity contribution is 7.91. The van der Waals surface area contributed by atoms with Crippen LogP contribution in [0.5, 0.6) is 0 Å². The average Bonchev–Trinajstić information content (AvgIpc) is 3.48. The molecule has 0 spiro atoms. The average molecular weight is 527 g/mol. The number of nitrogens with two attached hydrogens (primary N) is 1. The zero-order chi connectivity index (χ0) is 24.6. The van der Waals surface area contributed by atoms with Crippen LogP contribution in [0.15, 0.2) is 6.08 Å². The van der Waals surface area contributed by atoms with Crippen LogP contribution in [-0.2, 0) is 37.0 Å². The minimum Gasteiger partial charge on any atom is -0.452 e. The third-order valence-corrected chi connectivity index (χ3v) is 9.11. The summed E-state index contributed by atoms with van der Waals surface area (Å²) in [5.41, 5.74) is 7.68. The predicted molar refractivity (Wildman–Crippen MR) is 128 cm³/mol. The number of thiophene rings is 1. The Labute approximate surface area is 205 Å². The van der Waals surface area contributed by atoms with Crippen LogP contribution in [0.25, 0.3) is 6.08 Å².